The number of hydrogen-bond acceptors (Lipinski definition) is 3. The first kappa shape index (κ1) is 9.44. The summed E-state index contributed by atoms with van der Waals surface area (Å²) in [7, 11) is 0. The Morgan fingerprint density at radius 3 is 2.77 bits per heavy atom. The van der Waals surface area contributed by atoms with E-state index in [1.54, 1.807) is 0 Å². The lowest BCUT2D eigenvalue weighted by Crippen LogP contribution is -2.52. The Hall–Kier alpha value is -0.120. The van der Waals surface area contributed by atoms with Crippen LogP contribution < -0.4 is 5.32 Å². The molecule has 2 heterocycles. The van der Waals surface area contributed by atoms with E-state index in [1.807, 2.05) is 0 Å². The van der Waals surface area contributed by atoms with Gasteiger partial charge in [-0.25, -0.2) is 0 Å². The Morgan fingerprint density at radius 2 is 2.08 bits per heavy atom. The number of piperidine rings is 1. The Bertz CT molecular complexity index is 157. The molecule has 0 aromatic carbocycles. The number of nitrogens with one attached hydrogen (secondary N) is 1. The Kier molecular flexibility index (Phi) is 3.19. The van der Waals surface area contributed by atoms with E-state index in [4.69, 9.17) is 4.74 Å². The van der Waals surface area contributed by atoms with Crippen molar-refractivity contribution in [3.63, 3.8) is 0 Å². The third-order valence-corrected chi connectivity index (χ3v) is 3.20. The second-order valence-electron chi connectivity index (χ2n) is 4.14. The Labute approximate surface area is 80.4 Å². The topological polar surface area (TPSA) is 24.5 Å². The van der Waals surface area contributed by atoms with Gasteiger partial charge in [0.05, 0.1) is 13.2 Å². The van der Waals surface area contributed by atoms with Crippen LogP contribution in [-0.2, 0) is 4.74 Å². The number of nitrogens with zero attached hydrogens (tertiary/aromatic N) is 1. The number of hydrogen-bond donors (Lipinski definition) is 1. The monoisotopic (exact) mass is 184 g/mol. The van der Waals surface area contributed by atoms with Crippen molar-refractivity contribution in [1.29, 1.82) is 0 Å². The molecule has 0 radical (unpaired) electrons. The molecular formula is C10H20N2O. The lowest BCUT2D eigenvalue weighted by atomic mass is 10.0. The molecule has 2 fully saturated rings. The molecule has 0 aromatic heterocycles. The molecule has 1 unspecified atom stereocenters. The van der Waals surface area contributed by atoms with E-state index in [-0.39, 0.29) is 0 Å². The normalized spacial score (nSPS) is 33.5. The van der Waals surface area contributed by atoms with Crippen LogP contribution in [0.3, 0.4) is 0 Å². The predicted molar refractivity (Wildman–Crippen MR) is 52.9 cm³/mol. The van der Waals surface area contributed by atoms with E-state index in [0.717, 1.165) is 25.8 Å². The molecule has 0 saturated carbocycles. The maximum atomic E-state index is 5.45. The van der Waals surface area contributed by atoms with E-state index in [0.29, 0.717) is 6.04 Å². The summed E-state index contributed by atoms with van der Waals surface area (Å²) in [6.07, 6.45) is 2.62. The standard InChI is InChI=1S/C10H20N2O/c1-9-8-13-7-6-12(9)10-2-4-11-5-3-10/h9-11H,2-8H2,1H3. The Balaban J connectivity index is 1.88. The van der Waals surface area contributed by atoms with Gasteiger partial charge in [-0.05, 0) is 32.9 Å². The maximum Gasteiger partial charge on any atom is 0.0619 e. The predicted octanol–water partition coefficient (Wildman–Crippen LogP) is 0.459. The summed E-state index contributed by atoms with van der Waals surface area (Å²) in [6, 6.07) is 1.43. The highest BCUT2D eigenvalue weighted by atomic mass is 16.5. The van der Waals surface area contributed by atoms with E-state index in [2.05, 4.69) is 17.1 Å². The van der Waals surface area contributed by atoms with Crippen molar-refractivity contribution in [3.05, 3.63) is 0 Å². The van der Waals surface area contributed by atoms with Gasteiger partial charge in [-0.15, -0.1) is 0 Å². The molecule has 2 aliphatic heterocycles. The van der Waals surface area contributed by atoms with Gasteiger partial charge in [0.15, 0.2) is 0 Å². The average Bonchev–Trinajstić information content (AvgIpc) is 2.20. The second kappa shape index (κ2) is 4.40. The van der Waals surface area contributed by atoms with E-state index in [9.17, 15) is 0 Å². The van der Waals surface area contributed by atoms with Gasteiger partial charge in [-0.1, -0.05) is 0 Å². The lowest BCUT2D eigenvalue weighted by Gasteiger charge is -2.41. The molecule has 0 amide bonds. The van der Waals surface area contributed by atoms with Gasteiger partial charge in [0.1, 0.15) is 0 Å². The highest BCUT2D eigenvalue weighted by Crippen LogP contribution is 2.17. The molecule has 0 aromatic rings. The molecule has 0 bridgehead atoms. The van der Waals surface area contributed by atoms with Gasteiger partial charge < -0.3 is 10.1 Å². The van der Waals surface area contributed by atoms with Crippen molar-refractivity contribution in [2.24, 2.45) is 0 Å². The minimum atomic E-state index is 0.622. The number of morpholine rings is 1. The van der Waals surface area contributed by atoms with Crippen LogP contribution in [0.2, 0.25) is 0 Å². The van der Waals surface area contributed by atoms with Crippen LogP contribution >= 0.6 is 0 Å². The molecule has 3 heteroatoms. The molecule has 76 valence electrons. The minimum absolute atomic E-state index is 0.622. The molecule has 0 aliphatic carbocycles. The third kappa shape index (κ3) is 2.22. The summed E-state index contributed by atoms with van der Waals surface area (Å²) in [6.45, 7) is 7.63. The van der Waals surface area contributed by atoms with Crippen LogP contribution in [0.15, 0.2) is 0 Å². The lowest BCUT2D eigenvalue weighted by molar-refractivity contribution is -0.0277. The molecule has 1 N–H and O–H groups in total. The van der Waals surface area contributed by atoms with Gasteiger partial charge in [-0.2, -0.15) is 0 Å². The first-order valence-corrected chi connectivity index (χ1v) is 5.42. The first-order valence-electron chi connectivity index (χ1n) is 5.42. The zero-order valence-corrected chi connectivity index (χ0v) is 8.46. The molecule has 2 rings (SSSR count). The van der Waals surface area contributed by atoms with Crippen LogP contribution in [0.4, 0.5) is 0 Å². The SMILES string of the molecule is CC1COCCN1C1CCNCC1. The summed E-state index contributed by atoms with van der Waals surface area (Å²) >= 11 is 0. The van der Waals surface area contributed by atoms with Gasteiger partial charge in [0.2, 0.25) is 0 Å². The zero-order valence-electron chi connectivity index (χ0n) is 8.46. The molecule has 0 spiro atoms. The second-order valence-corrected chi connectivity index (χ2v) is 4.14. The molecular weight excluding hydrogens is 164 g/mol. The van der Waals surface area contributed by atoms with E-state index in [1.165, 1.54) is 25.9 Å². The van der Waals surface area contributed by atoms with Crippen molar-refractivity contribution in [1.82, 2.24) is 10.2 Å². The quantitative estimate of drug-likeness (QED) is 0.641. The fourth-order valence-electron chi connectivity index (χ4n) is 2.42. The maximum absolute atomic E-state index is 5.45. The molecule has 1 atom stereocenters. The highest BCUT2D eigenvalue weighted by Gasteiger charge is 2.27. The van der Waals surface area contributed by atoms with Crippen LogP contribution in [-0.4, -0.2) is 49.8 Å². The van der Waals surface area contributed by atoms with Crippen molar-refractivity contribution < 1.29 is 4.74 Å². The molecule has 2 saturated heterocycles. The summed E-state index contributed by atoms with van der Waals surface area (Å²) < 4.78 is 5.45. The third-order valence-electron chi connectivity index (χ3n) is 3.20. The van der Waals surface area contributed by atoms with Gasteiger partial charge in [-0.3, -0.25) is 4.90 Å². The van der Waals surface area contributed by atoms with Crippen molar-refractivity contribution in [2.45, 2.75) is 31.8 Å². The smallest absolute Gasteiger partial charge is 0.0619 e. The largest absolute Gasteiger partial charge is 0.379 e. The zero-order chi connectivity index (χ0) is 9.10. The van der Waals surface area contributed by atoms with Crippen LogP contribution in [0.5, 0.6) is 0 Å². The molecule has 13 heavy (non-hydrogen) atoms. The molecule has 2 aliphatic rings. The molecule has 3 nitrogen and oxygen atoms in total. The summed E-state index contributed by atoms with van der Waals surface area (Å²) in [5.74, 6) is 0. The summed E-state index contributed by atoms with van der Waals surface area (Å²) in [5.41, 5.74) is 0. The van der Waals surface area contributed by atoms with E-state index >= 15 is 0 Å². The minimum Gasteiger partial charge on any atom is -0.379 e. The van der Waals surface area contributed by atoms with Crippen LogP contribution in [0.1, 0.15) is 19.8 Å². The summed E-state index contributed by atoms with van der Waals surface area (Å²) in [5, 5.41) is 3.41. The Morgan fingerprint density at radius 1 is 1.31 bits per heavy atom. The van der Waals surface area contributed by atoms with Crippen LogP contribution in [0, 0.1) is 0 Å². The number of rotatable bonds is 1. The van der Waals surface area contributed by atoms with Crippen LogP contribution in [0.25, 0.3) is 0 Å². The number of ether oxygens (including phenoxy) is 1. The van der Waals surface area contributed by atoms with E-state index < -0.39 is 0 Å². The average molecular weight is 184 g/mol. The fourth-order valence-corrected chi connectivity index (χ4v) is 2.42. The van der Waals surface area contributed by atoms with Gasteiger partial charge in [0.25, 0.3) is 0 Å². The van der Waals surface area contributed by atoms with Gasteiger partial charge >= 0.3 is 0 Å². The van der Waals surface area contributed by atoms with Crippen molar-refractivity contribution >= 4 is 0 Å². The van der Waals surface area contributed by atoms with Crippen molar-refractivity contribution in [3.8, 4) is 0 Å². The summed E-state index contributed by atoms with van der Waals surface area (Å²) in [4.78, 5) is 2.63. The fraction of sp³-hybridized carbons (Fsp3) is 1.00. The highest BCUT2D eigenvalue weighted by molar-refractivity contribution is 4.82. The first-order chi connectivity index (χ1) is 6.38. The van der Waals surface area contributed by atoms with Crippen molar-refractivity contribution in [2.75, 3.05) is 32.8 Å². The van der Waals surface area contributed by atoms with Gasteiger partial charge in [0, 0.05) is 18.6 Å².